The second-order valence-electron chi connectivity index (χ2n) is 7.87. The van der Waals surface area contributed by atoms with Crippen molar-refractivity contribution in [3.05, 3.63) is 12.7 Å². The number of allylic oxidation sites excluding steroid dienone is 1. The molecule has 2 rings (SSSR count). The molecule has 0 spiro atoms. The van der Waals surface area contributed by atoms with Gasteiger partial charge in [0.15, 0.2) is 12.6 Å². The highest BCUT2D eigenvalue weighted by molar-refractivity contribution is 4.94. The van der Waals surface area contributed by atoms with Crippen LogP contribution >= 0.6 is 0 Å². The van der Waals surface area contributed by atoms with Crippen molar-refractivity contribution in [1.82, 2.24) is 0 Å². The number of aliphatic hydroxyl groups excluding tert-OH is 7. The minimum atomic E-state index is -1.70. The smallest absolute Gasteiger partial charge is 0.187 e. The van der Waals surface area contributed by atoms with Gasteiger partial charge < -0.3 is 54.7 Å². The van der Waals surface area contributed by atoms with Crippen LogP contribution in [0.15, 0.2) is 12.7 Å². The van der Waals surface area contributed by atoms with E-state index in [1.807, 2.05) is 6.08 Å². The summed E-state index contributed by atoms with van der Waals surface area (Å²) in [5, 5.41) is 69.7. The molecule has 11 heteroatoms. The van der Waals surface area contributed by atoms with Gasteiger partial charge in [-0.2, -0.15) is 0 Å². The monoisotopic (exact) mass is 452 g/mol. The fraction of sp³-hybridized carbons (Fsp3) is 0.900. The van der Waals surface area contributed by atoms with Gasteiger partial charge in [0.25, 0.3) is 0 Å². The highest BCUT2D eigenvalue weighted by Gasteiger charge is 2.50. The highest BCUT2D eigenvalue weighted by atomic mass is 16.7. The Balaban J connectivity index is 1.90. The van der Waals surface area contributed by atoms with E-state index < -0.39 is 74.6 Å². The lowest BCUT2D eigenvalue weighted by Crippen LogP contribution is -2.64. The van der Waals surface area contributed by atoms with Gasteiger partial charge in [-0.1, -0.05) is 18.9 Å². The van der Waals surface area contributed by atoms with Gasteiger partial charge in [-0.05, 0) is 19.3 Å². The fourth-order valence-electron chi connectivity index (χ4n) is 3.64. The Morgan fingerprint density at radius 1 is 0.710 bits per heavy atom. The minimum absolute atomic E-state index is 0.291. The molecule has 2 fully saturated rings. The molecular weight excluding hydrogens is 416 g/mol. The lowest BCUT2D eigenvalue weighted by atomic mass is 9.97. The summed E-state index contributed by atoms with van der Waals surface area (Å²) in [6.45, 7) is 2.72. The Morgan fingerprint density at radius 2 is 1.32 bits per heavy atom. The summed E-state index contributed by atoms with van der Waals surface area (Å²) in [5.41, 5.74) is 0. The van der Waals surface area contributed by atoms with Gasteiger partial charge in [0, 0.05) is 6.61 Å². The van der Waals surface area contributed by atoms with Crippen LogP contribution in [-0.4, -0.2) is 117 Å². The Kier molecular flexibility index (Phi) is 11.2. The van der Waals surface area contributed by atoms with Gasteiger partial charge in [-0.15, -0.1) is 6.58 Å². The number of rotatable bonds is 12. The SMILES string of the molecule is C=CCCCCCCO[C@@H]1OC(CO)[C@H](O[C@@H]2OC(CO)[C@H](O)[C@H](O)C2O)[C@H](O)C1O. The first kappa shape index (κ1) is 26.6. The standard InChI is InChI=1S/C20H36O11/c1-2-3-4-5-6-7-8-28-19-17(27)15(25)18(12(10-22)30-19)31-20-16(26)14(24)13(23)11(9-21)29-20/h2,11-27H,1,3-10H2/t11?,12?,13-,14-,15+,16?,17?,18-,19+,20-/m0/s1. The van der Waals surface area contributed by atoms with Gasteiger partial charge in [-0.25, -0.2) is 0 Å². The molecule has 0 aromatic rings. The third-order valence-corrected chi connectivity index (χ3v) is 5.55. The van der Waals surface area contributed by atoms with Crippen molar-refractivity contribution in [2.45, 2.75) is 93.5 Å². The van der Waals surface area contributed by atoms with Crippen molar-refractivity contribution in [2.75, 3.05) is 19.8 Å². The molecule has 2 aliphatic rings. The Hall–Kier alpha value is -0.700. The number of hydrogen-bond acceptors (Lipinski definition) is 11. The molecule has 2 heterocycles. The zero-order chi connectivity index (χ0) is 23.0. The normalized spacial score (nSPS) is 41.3. The number of aliphatic hydroxyl groups is 7. The zero-order valence-corrected chi connectivity index (χ0v) is 17.5. The minimum Gasteiger partial charge on any atom is -0.394 e. The molecule has 0 aromatic heterocycles. The molecule has 0 bridgehead atoms. The molecule has 0 amide bonds. The van der Waals surface area contributed by atoms with E-state index in [0.29, 0.717) is 6.61 Å². The fourth-order valence-corrected chi connectivity index (χ4v) is 3.64. The van der Waals surface area contributed by atoms with Crippen LogP contribution in [0.2, 0.25) is 0 Å². The number of ether oxygens (including phenoxy) is 4. The first-order valence-electron chi connectivity index (χ1n) is 10.7. The number of hydrogen-bond donors (Lipinski definition) is 7. The first-order valence-corrected chi connectivity index (χ1v) is 10.7. The molecule has 11 nitrogen and oxygen atoms in total. The molecule has 7 N–H and O–H groups in total. The van der Waals surface area contributed by atoms with Crippen molar-refractivity contribution < 1.29 is 54.7 Å². The molecule has 0 aliphatic carbocycles. The van der Waals surface area contributed by atoms with Crippen LogP contribution in [0.5, 0.6) is 0 Å². The van der Waals surface area contributed by atoms with Crippen molar-refractivity contribution in [2.24, 2.45) is 0 Å². The predicted octanol–water partition coefficient (Wildman–Crippen LogP) is -2.24. The Morgan fingerprint density at radius 3 is 1.97 bits per heavy atom. The van der Waals surface area contributed by atoms with Crippen LogP contribution in [0.4, 0.5) is 0 Å². The molecule has 4 unspecified atom stereocenters. The van der Waals surface area contributed by atoms with E-state index in [-0.39, 0.29) is 0 Å². The highest BCUT2D eigenvalue weighted by Crippen LogP contribution is 2.29. The van der Waals surface area contributed by atoms with E-state index in [1.165, 1.54) is 0 Å². The second-order valence-corrected chi connectivity index (χ2v) is 7.87. The van der Waals surface area contributed by atoms with Crippen molar-refractivity contribution in [1.29, 1.82) is 0 Å². The van der Waals surface area contributed by atoms with E-state index >= 15 is 0 Å². The predicted molar refractivity (Wildman–Crippen MR) is 106 cm³/mol. The van der Waals surface area contributed by atoms with Crippen LogP contribution in [-0.2, 0) is 18.9 Å². The van der Waals surface area contributed by atoms with Gasteiger partial charge in [0.1, 0.15) is 48.8 Å². The topological polar surface area (TPSA) is 179 Å². The third kappa shape index (κ3) is 6.89. The van der Waals surface area contributed by atoms with Crippen molar-refractivity contribution in [3.8, 4) is 0 Å². The summed E-state index contributed by atoms with van der Waals surface area (Å²) in [7, 11) is 0. The summed E-state index contributed by atoms with van der Waals surface area (Å²) >= 11 is 0. The maximum atomic E-state index is 10.5. The van der Waals surface area contributed by atoms with E-state index in [2.05, 4.69) is 6.58 Å². The maximum Gasteiger partial charge on any atom is 0.187 e. The van der Waals surface area contributed by atoms with Crippen molar-refractivity contribution in [3.63, 3.8) is 0 Å². The summed E-state index contributed by atoms with van der Waals surface area (Å²) in [6.07, 6.45) is -7.87. The van der Waals surface area contributed by atoms with Crippen LogP contribution in [0, 0.1) is 0 Å². The molecule has 0 aromatic carbocycles. The van der Waals surface area contributed by atoms with E-state index in [1.54, 1.807) is 0 Å². The molecule has 0 radical (unpaired) electrons. The summed E-state index contributed by atoms with van der Waals surface area (Å²) in [4.78, 5) is 0. The van der Waals surface area contributed by atoms with Crippen LogP contribution in [0.3, 0.4) is 0 Å². The third-order valence-electron chi connectivity index (χ3n) is 5.55. The Bertz CT molecular complexity index is 517. The van der Waals surface area contributed by atoms with Crippen LogP contribution in [0.25, 0.3) is 0 Å². The molecule has 182 valence electrons. The Labute approximate surface area is 181 Å². The van der Waals surface area contributed by atoms with Gasteiger partial charge in [0.2, 0.25) is 0 Å². The molecule has 2 saturated heterocycles. The summed E-state index contributed by atoms with van der Waals surface area (Å²) in [5.74, 6) is 0. The number of unbranched alkanes of at least 4 members (excludes halogenated alkanes) is 4. The lowest BCUT2D eigenvalue weighted by molar-refractivity contribution is -0.359. The summed E-state index contributed by atoms with van der Waals surface area (Å²) < 4.78 is 21.8. The van der Waals surface area contributed by atoms with E-state index in [0.717, 1.165) is 32.1 Å². The van der Waals surface area contributed by atoms with Crippen LogP contribution in [0.1, 0.15) is 32.1 Å². The largest absolute Gasteiger partial charge is 0.394 e. The molecule has 0 saturated carbocycles. The quantitative estimate of drug-likeness (QED) is 0.126. The van der Waals surface area contributed by atoms with Gasteiger partial charge >= 0.3 is 0 Å². The maximum absolute atomic E-state index is 10.5. The molecular formula is C20H36O11. The molecule has 2 aliphatic heterocycles. The van der Waals surface area contributed by atoms with Gasteiger partial charge in [-0.3, -0.25) is 0 Å². The van der Waals surface area contributed by atoms with E-state index in [4.69, 9.17) is 18.9 Å². The zero-order valence-electron chi connectivity index (χ0n) is 17.5. The molecule has 31 heavy (non-hydrogen) atoms. The van der Waals surface area contributed by atoms with Gasteiger partial charge in [0.05, 0.1) is 13.2 Å². The molecule has 10 atom stereocenters. The van der Waals surface area contributed by atoms with Crippen molar-refractivity contribution >= 4 is 0 Å². The summed E-state index contributed by atoms with van der Waals surface area (Å²) in [6, 6.07) is 0. The van der Waals surface area contributed by atoms with Crippen LogP contribution < -0.4 is 0 Å². The second kappa shape index (κ2) is 13.1. The first-order chi connectivity index (χ1) is 14.8. The van der Waals surface area contributed by atoms with E-state index in [9.17, 15) is 35.7 Å². The average Bonchev–Trinajstić information content (AvgIpc) is 2.77. The average molecular weight is 452 g/mol. The lowest BCUT2D eigenvalue weighted by Gasteiger charge is -2.45.